The molecule has 1 aromatic heterocycles. The van der Waals surface area contributed by atoms with E-state index >= 15 is 0 Å². The number of hydrogen-bond donors (Lipinski definition) is 0. The summed E-state index contributed by atoms with van der Waals surface area (Å²) in [6.07, 6.45) is 0. The molecule has 0 aliphatic carbocycles. The zero-order chi connectivity index (χ0) is 29.3. The largest absolute Gasteiger partial charge is 0.310 e. The van der Waals surface area contributed by atoms with Crippen molar-refractivity contribution in [2.45, 2.75) is 0 Å². The summed E-state index contributed by atoms with van der Waals surface area (Å²) < 4.78 is 2.38. The van der Waals surface area contributed by atoms with Crippen LogP contribution in [0.1, 0.15) is 0 Å². The second-order valence-electron chi connectivity index (χ2n) is 11.1. The van der Waals surface area contributed by atoms with Gasteiger partial charge in [0.25, 0.3) is 0 Å². The van der Waals surface area contributed by atoms with Crippen LogP contribution in [-0.4, -0.2) is 4.57 Å². The van der Waals surface area contributed by atoms with Crippen molar-refractivity contribution >= 4 is 38.9 Å². The quantitative estimate of drug-likeness (QED) is 0.196. The smallest absolute Gasteiger partial charge is 0.0547 e. The van der Waals surface area contributed by atoms with E-state index in [4.69, 9.17) is 0 Å². The zero-order valence-electron chi connectivity index (χ0n) is 24.2. The van der Waals surface area contributed by atoms with Gasteiger partial charge < -0.3 is 9.47 Å². The Hall–Kier alpha value is -5.86. The Kier molecular flexibility index (Phi) is 6.51. The molecule has 0 saturated carbocycles. The fraction of sp³-hybridized carbons (Fsp3) is 0. The molecule has 8 aromatic rings. The van der Waals surface area contributed by atoms with Gasteiger partial charge in [0, 0.05) is 33.5 Å². The van der Waals surface area contributed by atoms with Gasteiger partial charge in [-0.1, -0.05) is 121 Å². The molecule has 208 valence electrons. The Morgan fingerprint density at radius 3 is 1.52 bits per heavy atom. The van der Waals surface area contributed by atoms with Crippen LogP contribution in [0.15, 0.2) is 182 Å². The fourth-order valence-corrected chi connectivity index (χ4v) is 6.31. The summed E-state index contributed by atoms with van der Waals surface area (Å²) in [4.78, 5) is 2.34. The molecule has 0 saturated heterocycles. The summed E-state index contributed by atoms with van der Waals surface area (Å²) in [5, 5.41) is 2.52. The number of fused-ring (bicyclic) bond motifs is 3. The number of aromatic nitrogens is 1. The molecule has 0 unspecified atom stereocenters. The van der Waals surface area contributed by atoms with Crippen LogP contribution < -0.4 is 4.90 Å². The Bertz CT molecular complexity index is 2210. The SMILES string of the molecule is c1ccc(-c2cccc(N(c3ccccc3)c3cccc(-c4ccc5c6ccccc6n(-c6ccccc6)c5c4)c3)c2)cc1. The maximum Gasteiger partial charge on any atom is 0.0547 e. The van der Waals surface area contributed by atoms with E-state index in [1.54, 1.807) is 0 Å². The first-order chi connectivity index (χ1) is 21.8. The topological polar surface area (TPSA) is 8.17 Å². The Balaban J connectivity index is 1.27. The first-order valence-corrected chi connectivity index (χ1v) is 15.0. The number of nitrogens with zero attached hydrogens (tertiary/aromatic N) is 2. The van der Waals surface area contributed by atoms with Crippen LogP contribution in [-0.2, 0) is 0 Å². The third-order valence-electron chi connectivity index (χ3n) is 8.35. The third-order valence-corrected chi connectivity index (χ3v) is 8.35. The molecule has 0 aliphatic rings. The number of benzene rings is 7. The lowest BCUT2D eigenvalue weighted by atomic mass is 10.0. The van der Waals surface area contributed by atoms with Crippen LogP contribution >= 0.6 is 0 Å². The van der Waals surface area contributed by atoms with Gasteiger partial charge in [-0.2, -0.15) is 0 Å². The number of anilines is 3. The maximum absolute atomic E-state index is 2.38. The normalized spacial score (nSPS) is 11.2. The van der Waals surface area contributed by atoms with Gasteiger partial charge in [0.2, 0.25) is 0 Å². The van der Waals surface area contributed by atoms with Crippen LogP contribution in [0.3, 0.4) is 0 Å². The molecule has 0 N–H and O–H groups in total. The fourth-order valence-electron chi connectivity index (χ4n) is 6.31. The molecule has 0 bridgehead atoms. The third kappa shape index (κ3) is 4.63. The molecule has 0 aliphatic heterocycles. The minimum Gasteiger partial charge on any atom is -0.310 e. The molecule has 0 amide bonds. The second-order valence-corrected chi connectivity index (χ2v) is 11.1. The average Bonchev–Trinajstić information content (AvgIpc) is 3.44. The first-order valence-electron chi connectivity index (χ1n) is 15.0. The van der Waals surface area contributed by atoms with Crippen LogP contribution in [0.4, 0.5) is 17.1 Å². The van der Waals surface area contributed by atoms with Crippen molar-refractivity contribution < 1.29 is 0 Å². The van der Waals surface area contributed by atoms with Crippen molar-refractivity contribution in [3.05, 3.63) is 182 Å². The second kappa shape index (κ2) is 11.1. The highest BCUT2D eigenvalue weighted by Gasteiger charge is 2.16. The molecule has 44 heavy (non-hydrogen) atoms. The van der Waals surface area contributed by atoms with Crippen LogP contribution in [0.2, 0.25) is 0 Å². The number of para-hydroxylation sites is 3. The van der Waals surface area contributed by atoms with Gasteiger partial charge in [0.1, 0.15) is 0 Å². The molecule has 8 rings (SSSR count). The van der Waals surface area contributed by atoms with Gasteiger partial charge in [0.15, 0.2) is 0 Å². The summed E-state index contributed by atoms with van der Waals surface area (Å²) in [5.74, 6) is 0. The van der Waals surface area contributed by atoms with Crippen molar-refractivity contribution in [2.75, 3.05) is 4.90 Å². The summed E-state index contributed by atoms with van der Waals surface area (Å²) in [5.41, 5.74) is 11.7. The summed E-state index contributed by atoms with van der Waals surface area (Å²) >= 11 is 0. The highest BCUT2D eigenvalue weighted by molar-refractivity contribution is 6.10. The van der Waals surface area contributed by atoms with E-state index in [0.717, 1.165) is 22.7 Å². The van der Waals surface area contributed by atoms with Crippen molar-refractivity contribution in [1.82, 2.24) is 4.57 Å². The van der Waals surface area contributed by atoms with E-state index < -0.39 is 0 Å². The minimum atomic E-state index is 1.11. The summed E-state index contributed by atoms with van der Waals surface area (Å²) in [7, 11) is 0. The molecular weight excluding hydrogens is 532 g/mol. The van der Waals surface area contributed by atoms with Gasteiger partial charge in [-0.25, -0.2) is 0 Å². The molecule has 0 fully saturated rings. The number of rotatable bonds is 6. The van der Waals surface area contributed by atoms with E-state index in [1.807, 2.05) is 0 Å². The van der Waals surface area contributed by atoms with Gasteiger partial charge in [-0.15, -0.1) is 0 Å². The predicted octanol–water partition coefficient (Wildman–Crippen LogP) is 11.6. The molecule has 0 atom stereocenters. The van der Waals surface area contributed by atoms with Crippen molar-refractivity contribution in [3.8, 4) is 27.9 Å². The van der Waals surface area contributed by atoms with E-state index in [0.29, 0.717) is 0 Å². The molecule has 0 spiro atoms. The lowest BCUT2D eigenvalue weighted by Crippen LogP contribution is -2.10. The molecule has 1 heterocycles. The van der Waals surface area contributed by atoms with Gasteiger partial charge in [-0.05, 0) is 82.9 Å². The Labute approximate surface area is 257 Å². The van der Waals surface area contributed by atoms with E-state index in [-0.39, 0.29) is 0 Å². The van der Waals surface area contributed by atoms with Gasteiger partial charge in [-0.3, -0.25) is 0 Å². The molecule has 0 radical (unpaired) electrons. The maximum atomic E-state index is 2.38. The minimum absolute atomic E-state index is 1.11. The monoisotopic (exact) mass is 562 g/mol. The Morgan fingerprint density at radius 2 is 0.818 bits per heavy atom. The van der Waals surface area contributed by atoms with E-state index in [9.17, 15) is 0 Å². The molecule has 7 aromatic carbocycles. The standard InChI is InChI=1S/C42H30N2/c1-4-14-31(15-5-1)32-16-12-22-37(28-32)43(35-18-6-2-7-19-35)38-23-13-17-33(29-38)34-26-27-40-39-24-10-11-25-41(39)44(42(40)30-34)36-20-8-3-9-21-36/h1-30H. The highest BCUT2D eigenvalue weighted by atomic mass is 15.1. The van der Waals surface area contributed by atoms with E-state index in [1.165, 1.54) is 44.1 Å². The number of hydrogen-bond acceptors (Lipinski definition) is 1. The highest BCUT2D eigenvalue weighted by Crippen LogP contribution is 2.39. The van der Waals surface area contributed by atoms with Crippen LogP contribution in [0, 0.1) is 0 Å². The summed E-state index contributed by atoms with van der Waals surface area (Å²) in [6.45, 7) is 0. The molecule has 2 nitrogen and oxygen atoms in total. The van der Waals surface area contributed by atoms with Gasteiger partial charge >= 0.3 is 0 Å². The lowest BCUT2D eigenvalue weighted by Gasteiger charge is -2.26. The lowest BCUT2D eigenvalue weighted by molar-refractivity contribution is 1.18. The summed E-state index contributed by atoms with van der Waals surface area (Å²) in [6, 6.07) is 65.1. The van der Waals surface area contributed by atoms with Crippen molar-refractivity contribution in [2.24, 2.45) is 0 Å². The first kappa shape index (κ1) is 25.8. The predicted molar refractivity (Wildman–Crippen MR) is 186 cm³/mol. The average molecular weight is 563 g/mol. The van der Waals surface area contributed by atoms with Crippen LogP contribution in [0.25, 0.3) is 49.7 Å². The van der Waals surface area contributed by atoms with Crippen molar-refractivity contribution in [3.63, 3.8) is 0 Å². The van der Waals surface area contributed by atoms with Gasteiger partial charge in [0.05, 0.1) is 11.0 Å². The van der Waals surface area contributed by atoms with Crippen molar-refractivity contribution in [1.29, 1.82) is 0 Å². The molecular formula is C42H30N2. The van der Waals surface area contributed by atoms with E-state index in [2.05, 4.69) is 191 Å². The zero-order valence-corrected chi connectivity index (χ0v) is 24.2. The van der Waals surface area contributed by atoms with Crippen LogP contribution in [0.5, 0.6) is 0 Å². The molecule has 2 heteroatoms. The Morgan fingerprint density at radius 1 is 0.318 bits per heavy atom.